The molecule has 0 saturated heterocycles. The van der Waals surface area contributed by atoms with Gasteiger partial charge in [-0.25, -0.2) is 13.4 Å². The molecule has 1 aromatic heterocycles. The summed E-state index contributed by atoms with van der Waals surface area (Å²) in [6.07, 6.45) is 0. The average molecular weight is 332 g/mol. The van der Waals surface area contributed by atoms with Gasteiger partial charge in [0.05, 0.1) is 15.9 Å². The number of nitrogens with zero attached hydrogens (tertiary/aromatic N) is 2. The average Bonchev–Trinajstić information content (AvgIpc) is 2.85. The molecule has 0 unspecified atom stereocenters. The number of carbonyl (C=O) groups excluding carboxylic acids is 1. The van der Waals surface area contributed by atoms with Crippen molar-refractivity contribution in [1.82, 2.24) is 9.55 Å². The normalized spacial score (nSPS) is 11.7. The predicted molar refractivity (Wildman–Crippen MR) is 85.5 cm³/mol. The number of benzene rings is 2. The summed E-state index contributed by atoms with van der Waals surface area (Å²) in [4.78, 5) is 16.3. The molecule has 2 aromatic carbocycles. The molecule has 22 heavy (non-hydrogen) atoms. The molecule has 3 aromatic rings. The highest BCUT2D eigenvalue weighted by Crippen LogP contribution is 2.32. The van der Waals surface area contributed by atoms with Crippen LogP contribution in [0, 0.1) is 0 Å². The Kier molecular flexibility index (Phi) is 3.76. The van der Waals surface area contributed by atoms with Crippen molar-refractivity contribution in [3.8, 4) is 0 Å². The first kappa shape index (κ1) is 14.8. The van der Waals surface area contributed by atoms with E-state index >= 15 is 0 Å². The van der Waals surface area contributed by atoms with E-state index in [9.17, 15) is 13.2 Å². The Bertz CT molecular complexity index is 947. The summed E-state index contributed by atoms with van der Waals surface area (Å²) in [6.45, 7) is 1.38. The van der Waals surface area contributed by atoms with Crippen LogP contribution in [0.2, 0.25) is 0 Å². The third-order valence-electron chi connectivity index (χ3n) is 3.06. The Hall–Kier alpha value is -2.12. The van der Waals surface area contributed by atoms with Gasteiger partial charge in [-0.05, 0) is 24.3 Å². The van der Waals surface area contributed by atoms with E-state index in [-0.39, 0.29) is 16.0 Å². The van der Waals surface area contributed by atoms with Gasteiger partial charge in [-0.15, -0.1) is 0 Å². The Morgan fingerprint density at radius 1 is 1.05 bits per heavy atom. The molecule has 7 heteroatoms. The molecule has 112 valence electrons. The molecular formula is C15H12N2O3S2. The van der Waals surface area contributed by atoms with Crippen LogP contribution in [0.25, 0.3) is 11.0 Å². The molecule has 0 aliphatic rings. The van der Waals surface area contributed by atoms with Crippen LogP contribution in [-0.2, 0) is 8.87 Å². The molecule has 3 rings (SSSR count). The van der Waals surface area contributed by atoms with E-state index in [1.165, 1.54) is 23.6 Å². The largest absolute Gasteiger partial charge is 0.274 e. The highest BCUT2D eigenvalue weighted by molar-refractivity contribution is 8.72. The molecule has 0 fully saturated rings. The lowest BCUT2D eigenvalue weighted by Gasteiger charge is -2.05. The number of carbonyl (C=O) groups is 1. The zero-order chi connectivity index (χ0) is 15.7. The van der Waals surface area contributed by atoms with E-state index in [0.717, 1.165) is 0 Å². The van der Waals surface area contributed by atoms with Crippen LogP contribution in [0.4, 0.5) is 0 Å². The monoisotopic (exact) mass is 332 g/mol. The maximum Gasteiger partial charge on any atom is 0.237 e. The zero-order valence-electron chi connectivity index (χ0n) is 11.6. The molecule has 0 amide bonds. The summed E-state index contributed by atoms with van der Waals surface area (Å²) in [6, 6.07) is 15.1. The minimum Gasteiger partial charge on any atom is -0.274 e. The molecule has 0 aliphatic carbocycles. The highest BCUT2D eigenvalue weighted by atomic mass is 33.1. The fourth-order valence-corrected chi connectivity index (χ4v) is 4.86. The molecule has 1 heterocycles. The van der Waals surface area contributed by atoms with Crippen LogP contribution < -0.4 is 0 Å². The van der Waals surface area contributed by atoms with Crippen LogP contribution in [0.15, 0.2) is 64.6 Å². The SMILES string of the molecule is CC(=O)n1c(SS(=O)(=O)c2ccccc2)nc2ccccc21. The Labute approximate surface area is 131 Å². The molecular weight excluding hydrogens is 320 g/mol. The van der Waals surface area contributed by atoms with Crippen LogP contribution in [0.1, 0.15) is 11.7 Å². The molecule has 0 N–H and O–H groups in total. The molecule has 0 saturated carbocycles. The van der Waals surface area contributed by atoms with Crippen LogP contribution >= 0.6 is 10.8 Å². The lowest BCUT2D eigenvalue weighted by molar-refractivity contribution is 0.0931. The summed E-state index contributed by atoms with van der Waals surface area (Å²) < 4.78 is 26.2. The standard InChI is InChI=1S/C15H12N2O3S2/c1-11(18)17-14-10-6-5-9-13(14)16-15(17)21-22(19,20)12-7-3-2-4-8-12/h2-10H,1H3. The van der Waals surface area contributed by atoms with Crippen LogP contribution in [-0.4, -0.2) is 23.9 Å². The fraction of sp³-hybridized carbons (Fsp3) is 0.0667. The third-order valence-corrected chi connectivity index (χ3v) is 6.24. The van der Waals surface area contributed by atoms with Gasteiger partial charge < -0.3 is 0 Å². The number of rotatable bonds is 3. The van der Waals surface area contributed by atoms with Gasteiger partial charge in [-0.1, -0.05) is 30.3 Å². The molecule has 0 spiro atoms. The van der Waals surface area contributed by atoms with Gasteiger partial charge in [0.15, 0.2) is 5.16 Å². The van der Waals surface area contributed by atoms with Gasteiger partial charge in [0, 0.05) is 17.7 Å². The van der Waals surface area contributed by atoms with E-state index in [4.69, 9.17) is 0 Å². The number of hydrogen-bond acceptors (Lipinski definition) is 5. The Morgan fingerprint density at radius 3 is 2.36 bits per heavy atom. The van der Waals surface area contributed by atoms with Gasteiger partial charge in [0.25, 0.3) is 0 Å². The van der Waals surface area contributed by atoms with Crippen molar-refractivity contribution in [1.29, 1.82) is 0 Å². The molecule has 0 atom stereocenters. The lowest BCUT2D eigenvalue weighted by atomic mass is 10.3. The van der Waals surface area contributed by atoms with Crippen molar-refractivity contribution in [2.75, 3.05) is 0 Å². The second-order valence-electron chi connectivity index (χ2n) is 4.59. The number of fused-ring (bicyclic) bond motifs is 1. The summed E-state index contributed by atoms with van der Waals surface area (Å²) in [5, 5.41) is 0.151. The Balaban J connectivity index is 2.12. The summed E-state index contributed by atoms with van der Waals surface area (Å²) in [7, 11) is -3.05. The van der Waals surface area contributed by atoms with Gasteiger partial charge in [0.2, 0.25) is 14.8 Å². The number of hydrogen-bond donors (Lipinski definition) is 0. The van der Waals surface area contributed by atoms with Crippen molar-refractivity contribution in [3.05, 3.63) is 54.6 Å². The van der Waals surface area contributed by atoms with E-state index in [2.05, 4.69) is 4.98 Å². The highest BCUT2D eigenvalue weighted by Gasteiger charge is 2.23. The fourth-order valence-electron chi connectivity index (χ4n) is 2.10. The van der Waals surface area contributed by atoms with Gasteiger partial charge in [-0.2, -0.15) is 0 Å². The molecule has 0 aliphatic heterocycles. The lowest BCUT2D eigenvalue weighted by Crippen LogP contribution is -2.08. The first-order chi connectivity index (χ1) is 10.5. The molecule has 0 bridgehead atoms. The predicted octanol–water partition coefficient (Wildman–Crippen LogP) is 3.18. The zero-order valence-corrected chi connectivity index (χ0v) is 13.3. The van der Waals surface area contributed by atoms with Crippen molar-refractivity contribution in [2.45, 2.75) is 17.0 Å². The van der Waals surface area contributed by atoms with Crippen molar-refractivity contribution >= 4 is 36.6 Å². The maximum absolute atomic E-state index is 12.5. The first-order valence-corrected chi connectivity index (χ1v) is 9.28. The van der Waals surface area contributed by atoms with Crippen molar-refractivity contribution < 1.29 is 13.2 Å². The summed E-state index contributed by atoms with van der Waals surface area (Å²) in [5.74, 6) is -0.278. The van der Waals surface area contributed by atoms with Gasteiger partial charge >= 0.3 is 0 Å². The smallest absolute Gasteiger partial charge is 0.237 e. The van der Waals surface area contributed by atoms with Gasteiger partial charge in [0.1, 0.15) is 0 Å². The van der Waals surface area contributed by atoms with Gasteiger partial charge in [-0.3, -0.25) is 9.36 Å². The third kappa shape index (κ3) is 2.65. The second kappa shape index (κ2) is 5.58. The second-order valence-corrected chi connectivity index (χ2v) is 8.32. The van der Waals surface area contributed by atoms with Crippen LogP contribution in [0.3, 0.4) is 0 Å². The van der Waals surface area contributed by atoms with Crippen molar-refractivity contribution in [3.63, 3.8) is 0 Å². The Morgan fingerprint density at radius 2 is 1.68 bits per heavy atom. The molecule has 0 radical (unpaired) electrons. The van der Waals surface area contributed by atoms with Crippen LogP contribution in [0.5, 0.6) is 0 Å². The van der Waals surface area contributed by atoms with E-state index in [1.54, 1.807) is 42.5 Å². The van der Waals surface area contributed by atoms with E-state index in [0.29, 0.717) is 21.8 Å². The number of imidazole rings is 1. The van der Waals surface area contributed by atoms with Crippen molar-refractivity contribution in [2.24, 2.45) is 0 Å². The minimum atomic E-state index is -3.64. The summed E-state index contributed by atoms with van der Waals surface area (Å²) >= 11 is 0. The minimum absolute atomic E-state index is 0.151. The first-order valence-electron chi connectivity index (χ1n) is 6.47. The quantitative estimate of drug-likeness (QED) is 0.689. The number of aromatic nitrogens is 2. The van der Waals surface area contributed by atoms with E-state index < -0.39 is 8.87 Å². The summed E-state index contributed by atoms with van der Waals surface area (Å²) in [5.41, 5.74) is 1.18. The number of para-hydroxylation sites is 2. The molecule has 5 nitrogen and oxygen atoms in total. The topological polar surface area (TPSA) is 69.0 Å². The maximum atomic E-state index is 12.5. The van der Waals surface area contributed by atoms with E-state index in [1.807, 2.05) is 0 Å².